The van der Waals surface area contributed by atoms with Gasteiger partial charge in [0.2, 0.25) is 0 Å². The Morgan fingerprint density at radius 1 is 0.789 bits per heavy atom. The van der Waals surface area contributed by atoms with E-state index in [-0.39, 0.29) is 20.6 Å². The molecule has 0 aliphatic rings. The fourth-order valence-corrected chi connectivity index (χ4v) is 5.92. The van der Waals surface area contributed by atoms with E-state index in [4.69, 9.17) is 23.2 Å². The van der Waals surface area contributed by atoms with Crippen molar-refractivity contribution in [2.75, 3.05) is 10.8 Å². The van der Waals surface area contributed by atoms with E-state index in [1.54, 1.807) is 24.4 Å². The summed E-state index contributed by atoms with van der Waals surface area (Å²) in [7, 11) is -4.09. The molecule has 0 radical (unpaired) electrons. The van der Waals surface area contributed by atoms with Gasteiger partial charge < -0.3 is 0 Å². The van der Waals surface area contributed by atoms with Gasteiger partial charge in [0.05, 0.1) is 26.8 Å². The van der Waals surface area contributed by atoms with Crippen molar-refractivity contribution in [1.82, 2.24) is 5.43 Å². The van der Waals surface area contributed by atoms with E-state index < -0.39 is 22.5 Å². The van der Waals surface area contributed by atoms with Gasteiger partial charge in [-0.1, -0.05) is 89.9 Å². The minimum atomic E-state index is -4.09. The Bertz CT molecular complexity index is 1740. The zero-order valence-electron chi connectivity index (χ0n) is 19.9. The first-order valence-electron chi connectivity index (χ1n) is 11.6. The van der Waals surface area contributed by atoms with Crippen molar-refractivity contribution in [3.05, 3.63) is 119 Å². The highest BCUT2D eigenvalue weighted by Gasteiger charge is 2.27. The molecule has 5 rings (SSSR count). The van der Waals surface area contributed by atoms with Gasteiger partial charge >= 0.3 is 0 Å². The van der Waals surface area contributed by atoms with Gasteiger partial charge in [-0.05, 0) is 57.9 Å². The van der Waals surface area contributed by atoms with Crippen molar-refractivity contribution in [2.24, 2.45) is 5.10 Å². The van der Waals surface area contributed by atoms with Crippen LogP contribution in [0.2, 0.25) is 10.0 Å². The first-order chi connectivity index (χ1) is 18.3. The van der Waals surface area contributed by atoms with Gasteiger partial charge in [-0.3, -0.25) is 9.10 Å². The van der Waals surface area contributed by atoms with E-state index in [0.29, 0.717) is 0 Å². The lowest BCUT2D eigenvalue weighted by atomic mass is 9.97. The second-order valence-electron chi connectivity index (χ2n) is 8.45. The molecule has 0 aliphatic heterocycles. The van der Waals surface area contributed by atoms with Gasteiger partial charge in [-0.25, -0.2) is 13.8 Å². The highest BCUT2D eigenvalue weighted by atomic mass is 35.5. The van der Waals surface area contributed by atoms with E-state index in [2.05, 4.69) is 16.6 Å². The van der Waals surface area contributed by atoms with Crippen LogP contribution < -0.4 is 9.73 Å². The quantitative estimate of drug-likeness (QED) is 0.137. The van der Waals surface area contributed by atoms with Crippen LogP contribution in [0.15, 0.2) is 113 Å². The molecule has 0 saturated heterocycles. The zero-order chi connectivity index (χ0) is 26.7. The van der Waals surface area contributed by atoms with Crippen LogP contribution in [-0.4, -0.2) is 27.1 Å². The summed E-state index contributed by atoms with van der Waals surface area (Å²) in [6.45, 7) is -0.525. The van der Waals surface area contributed by atoms with Crippen LogP contribution in [0.4, 0.5) is 5.69 Å². The van der Waals surface area contributed by atoms with Crippen molar-refractivity contribution >= 4 is 72.6 Å². The van der Waals surface area contributed by atoms with E-state index in [1.807, 2.05) is 48.5 Å². The Morgan fingerprint density at radius 3 is 2.03 bits per heavy atom. The number of hydrogen-bond acceptors (Lipinski definition) is 4. The summed E-state index contributed by atoms with van der Waals surface area (Å²) in [5.41, 5.74) is 3.52. The smallest absolute Gasteiger partial charge is 0.264 e. The highest BCUT2D eigenvalue weighted by molar-refractivity contribution is 7.92. The van der Waals surface area contributed by atoms with Gasteiger partial charge in [0.25, 0.3) is 15.9 Å². The summed E-state index contributed by atoms with van der Waals surface area (Å²) in [4.78, 5) is 13.0. The molecule has 5 aromatic carbocycles. The molecule has 1 N–H and O–H groups in total. The summed E-state index contributed by atoms with van der Waals surface area (Å²) < 4.78 is 27.9. The third-order valence-corrected chi connectivity index (χ3v) is 8.53. The Hall–Kier alpha value is -3.91. The SMILES string of the molecule is O=C(CN(c1ccc(Cl)c(Cl)c1)S(=O)(=O)c1ccccc1)N/N=C\c1c2ccccc2cc2ccccc12. The van der Waals surface area contributed by atoms with E-state index in [9.17, 15) is 13.2 Å². The van der Waals surface area contributed by atoms with Crippen LogP contribution in [0, 0.1) is 0 Å². The van der Waals surface area contributed by atoms with E-state index in [1.165, 1.54) is 30.3 Å². The van der Waals surface area contributed by atoms with Gasteiger partial charge in [-0.2, -0.15) is 5.10 Å². The molecule has 9 heteroatoms. The average molecular weight is 562 g/mol. The number of nitrogens with one attached hydrogen (secondary N) is 1. The van der Waals surface area contributed by atoms with Crippen molar-refractivity contribution in [3.63, 3.8) is 0 Å². The number of anilines is 1. The number of nitrogens with zero attached hydrogens (tertiary/aromatic N) is 2. The van der Waals surface area contributed by atoms with Gasteiger partial charge in [-0.15, -0.1) is 0 Å². The molecule has 0 saturated carbocycles. The van der Waals surface area contributed by atoms with Crippen molar-refractivity contribution < 1.29 is 13.2 Å². The van der Waals surface area contributed by atoms with E-state index >= 15 is 0 Å². The molecular weight excluding hydrogens is 541 g/mol. The number of halogens is 2. The van der Waals surface area contributed by atoms with Crippen LogP contribution in [0.1, 0.15) is 5.56 Å². The largest absolute Gasteiger partial charge is 0.271 e. The summed E-state index contributed by atoms with van der Waals surface area (Å²) >= 11 is 12.2. The lowest BCUT2D eigenvalue weighted by Gasteiger charge is -2.24. The summed E-state index contributed by atoms with van der Waals surface area (Å²) in [6, 6.07) is 30.1. The highest BCUT2D eigenvalue weighted by Crippen LogP contribution is 2.31. The molecule has 190 valence electrons. The number of amides is 1. The molecule has 0 aromatic heterocycles. The topological polar surface area (TPSA) is 78.8 Å². The summed E-state index contributed by atoms with van der Waals surface area (Å²) in [5, 5.41) is 8.66. The molecule has 0 heterocycles. The normalized spacial score (nSPS) is 11.7. The van der Waals surface area contributed by atoms with Crippen molar-refractivity contribution in [1.29, 1.82) is 0 Å². The number of carbonyl (C=O) groups is 1. The summed E-state index contributed by atoms with van der Waals surface area (Å²) in [5.74, 6) is -0.628. The molecule has 0 spiro atoms. The Labute approximate surface area is 230 Å². The molecule has 5 aromatic rings. The third kappa shape index (κ3) is 5.22. The van der Waals surface area contributed by atoms with Gasteiger partial charge in [0, 0.05) is 5.56 Å². The monoisotopic (exact) mass is 561 g/mol. The lowest BCUT2D eigenvalue weighted by molar-refractivity contribution is -0.119. The maximum Gasteiger partial charge on any atom is 0.264 e. The maximum atomic E-state index is 13.5. The van der Waals surface area contributed by atoms with Crippen LogP contribution in [0.3, 0.4) is 0 Å². The number of carbonyl (C=O) groups excluding carboxylic acids is 1. The number of sulfonamides is 1. The minimum Gasteiger partial charge on any atom is -0.271 e. The second-order valence-corrected chi connectivity index (χ2v) is 11.1. The maximum absolute atomic E-state index is 13.5. The minimum absolute atomic E-state index is 0.0320. The first-order valence-corrected chi connectivity index (χ1v) is 13.8. The zero-order valence-corrected chi connectivity index (χ0v) is 22.2. The molecular formula is C29H21Cl2N3O3S. The van der Waals surface area contributed by atoms with E-state index in [0.717, 1.165) is 31.4 Å². The van der Waals surface area contributed by atoms with Crippen LogP contribution >= 0.6 is 23.2 Å². The van der Waals surface area contributed by atoms with Crippen LogP contribution in [-0.2, 0) is 14.8 Å². The Morgan fingerprint density at radius 2 is 1.39 bits per heavy atom. The number of rotatable bonds is 7. The second kappa shape index (κ2) is 10.8. The standard InChI is InChI=1S/C29H21Cl2N3O3S/c30-27-15-14-22(17-28(27)31)34(38(36,37)23-10-2-1-3-11-23)19-29(35)33-32-18-26-24-12-6-4-8-20(24)16-21-9-5-7-13-25(21)26/h1-18H,19H2,(H,33,35)/b32-18-. The van der Waals surface area contributed by atoms with Gasteiger partial charge in [0.15, 0.2) is 0 Å². The predicted molar refractivity (Wildman–Crippen MR) is 155 cm³/mol. The number of hydrogen-bond donors (Lipinski definition) is 1. The Kier molecular flexibility index (Phi) is 7.33. The molecule has 38 heavy (non-hydrogen) atoms. The van der Waals surface area contributed by atoms with Crippen molar-refractivity contribution in [3.8, 4) is 0 Å². The molecule has 6 nitrogen and oxygen atoms in total. The van der Waals surface area contributed by atoms with Crippen LogP contribution in [0.5, 0.6) is 0 Å². The molecule has 0 fully saturated rings. The van der Waals surface area contributed by atoms with Crippen LogP contribution in [0.25, 0.3) is 21.5 Å². The molecule has 0 atom stereocenters. The average Bonchev–Trinajstić information content (AvgIpc) is 2.93. The predicted octanol–water partition coefficient (Wildman–Crippen LogP) is 6.65. The number of benzene rings is 5. The van der Waals surface area contributed by atoms with Gasteiger partial charge in [0.1, 0.15) is 6.54 Å². The number of hydrazone groups is 1. The molecule has 1 amide bonds. The number of fused-ring (bicyclic) bond motifs is 2. The van der Waals surface area contributed by atoms with Crippen molar-refractivity contribution in [2.45, 2.75) is 4.90 Å². The fraction of sp³-hybridized carbons (Fsp3) is 0.0345. The molecule has 0 unspecified atom stereocenters. The Balaban J connectivity index is 1.45. The molecule has 0 aliphatic carbocycles. The fourth-order valence-electron chi connectivity index (χ4n) is 4.20. The third-order valence-electron chi connectivity index (χ3n) is 6.01. The summed E-state index contributed by atoms with van der Waals surface area (Å²) in [6.07, 6.45) is 1.58. The first kappa shape index (κ1) is 25.7. The molecule has 0 bridgehead atoms. The lowest BCUT2D eigenvalue weighted by Crippen LogP contribution is -2.39.